The molecule has 0 saturated heterocycles. The van der Waals surface area contributed by atoms with Crippen molar-refractivity contribution in [1.82, 2.24) is 15.0 Å². The summed E-state index contributed by atoms with van der Waals surface area (Å²) >= 11 is 0. The lowest BCUT2D eigenvalue weighted by Crippen LogP contribution is -2.32. The van der Waals surface area contributed by atoms with Crippen LogP contribution in [0.1, 0.15) is 37.4 Å². The maximum atomic E-state index is 13.2. The summed E-state index contributed by atoms with van der Waals surface area (Å²) in [7, 11) is 1.49. The van der Waals surface area contributed by atoms with Crippen LogP contribution in [0.4, 0.5) is 13.2 Å². The summed E-state index contributed by atoms with van der Waals surface area (Å²) in [6, 6.07) is 3.38. The SMILES string of the molecule is COc1ccc2[nH]c(C3CCCCC3C(F)(F)F)nc2n1. The Hall–Kier alpha value is -1.79. The lowest BCUT2D eigenvalue weighted by atomic mass is 9.78. The molecule has 3 rings (SSSR count). The molecular weight excluding hydrogens is 283 g/mol. The number of hydrogen-bond acceptors (Lipinski definition) is 3. The maximum absolute atomic E-state index is 13.2. The second kappa shape index (κ2) is 5.20. The van der Waals surface area contributed by atoms with E-state index in [1.165, 1.54) is 7.11 Å². The van der Waals surface area contributed by atoms with Gasteiger partial charge in [0.15, 0.2) is 5.65 Å². The van der Waals surface area contributed by atoms with Gasteiger partial charge in [-0.05, 0) is 18.9 Å². The molecule has 114 valence electrons. The van der Waals surface area contributed by atoms with Crippen molar-refractivity contribution in [2.75, 3.05) is 7.11 Å². The van der Waals surface area contributed by atoms with E-state index < -0.39 is 18.0 Å². The Morgan fingerprint density at radius 3 is 2.67 bits per heavy atom. The molecule has 0 bridgehead atoms. The third-order valence-electron chi connectivity index (χ3n) is 4.09. The number of fused-ring (bicyclic) bond motifs is 1. The van der Waals surface area contributed by atoms with E-state index in [1.54, 1.807) is 12.1 Å². The van der Waals surface area contributed by atoms with Gasteiger partial charge in [-0.15, -0.1) is 0 Å². The average Bonchev–Trinajstić information content (AvgIpc) is 2.89. The molecule has 0 amide bonds. The maximum Gasteiger partial charge on any atom is 0.392 e. The number of rotatable bonds is 2. The fraction of sp³-hybridized carbons (Fsp3) is 0.571. The van der Waals surface area contributed by atoms with Gasteiger partial charge in [0.25, 0.3) is 0 Å². The lowest BCUT2D eigenvalue weighted by Gasteiger charge is -2.31. The molecule has 2 aromatic heterocycles. The Labute approximate surface area is 119 Å². The van der Waals surface area contributed by atoms with Gasteiger partial charge in [0, 0.05) is 12.0 Å². The normalized spacial score (nSPS) is 23.4. The van der Waals surface area contributed by atoms with E-state index in [-0.39, 0.29) is 6.42 Å². The number of methoxy groups -OCH3 is 1. The molecule has 2 atom stereocenters. The first-order chi connectivity index (χ1) is 9.99. The number of imidazole rings is 1. The largest absolute Gasteiger partial charge is 0.481 e. The highest BCUT2D eigenvalue weighted by atomic mass is 19.4. The van der Waals surface area contributed by atoms with Crippen molar-refractivity contribution in [1.29, 1.82) is 0 Å². The van der Waals surface area contributed by atoms with Gasteiger partial charge < -0.3 is 9.72 Å². The van der Waals surface area contributed by atoms with Gasteiger partial charge in [-0.1, -0.05) is 12.8 Å². The van der Waals surface area contributed by atoms with Gasteiger partial charge in [-0.3, -0.25) is 0 Å². The minimum atomic E-state index is -4.19. The van der Waals surface area contributed by atoms with Gasteiger partial charge in [0.2, 0.25) is 5.88 Å². The Morgan fingerprint density at radius 1 is 1.19 bits per heavy atom. The zero-order valence-corrected chi connectivity index (χ0v) is 11.6. The second-order valence-corrected chi connectivity index (χ2v) is 5.39. The predicted molar refractivity (Wildman–Crippen MR) is 71.2 cm³/mol. The van der Waals surface area contributed by atoms with Crippen molar-refractivity contribution < 1.29 is 17.9 Å². The molecule has 2 aromatic rings. The summed E-state index contributed by atoms with van der Waals surface area (Å²) in [5, 5.41) is 0. The summed E-state index contributed by atoms with van der Waals surface area (Å²) in [4.78, 5) is 11.4. The highest BCUT2D eigenvalue weighted by Crippen LogP contribution is 2.45. The third kappa shape index (κ3) is 2.69. The smallest absolute Gasteiger partial charge is 0.392 e. The monoisotopic (exact) mass is 299 g/mol. The van der Waals surface area contributed by atoms with E-state index in [2.05, 4.69) is 15.0 Å². The highest BCUT2D eigenvalue weighted by molar-refractivity contribution is 5.71. The molecule has 0 spiro atoms. The fourth-order valence-corrected chi connectivity index (χ4v) is 3.03. The van der Waals surface area contributed by atoms with Crippen molar-refractivity contribution in [3.63, 3.8) is 0 Å². The van der Waals surface area contributed by atoms with Crippen LogP contribution in [0.3, 0.4) is 0 Å². The number of alkyl halides is 3. The molecule has 1 aliphatic rings. The number of nitrogens with zero attached hydrogens (tertiary/aromatic N) is 2. The number of ether oxygens (including phenoxy) is 1. The zero-order chi connectivity index (χ0) is 15.0. The van der Waals surface area contributed by atoms with Gasteiger partial charge in [0.1, 0.15) is 5.82 Å². The van der Waals surface area contributed by atoms with Crippen LogP contribution < -0.4 is 4.74 Å². The molecule has 0 aromatic carbocycles. The van der Waals surface area contributed by atoms with E-state index in [0.29, 0.717) is 35.7 Å². The summed E-state index contributed by atoms with van der Waals surface area (Å²) < 4.78 is 44.5. The molecule has 2 heterocycles. The number of pyridine rings is 1. The second-order valence-electron chi connectivity index (χ2n) is 5.39. The molecule has 1 N–H and O–H groups in total. The third-order valence-corrected chi connectivity index (χ3v) is 4.09. The van der Waals surface area contributed by atoms with Crippen LogP contribution in [-0.2, 0) is 0 Å². The Bertz CT molecular complexity index is 638. The van der Waals surface area contributed by atoms with Crippen LogP contribution in [0.15, 0.2) is 12.1 Å². The molecule has 7 heteroatoms. The summed E-state index contributed by atoms with van der Waals surface area (Å²) in [6.45, 7) is 0. The molecule has 0 radical (unpaired) electrons. The van der Waals surface area contributed by atoms with E-state index in [1.807, 2.05) is 0 Å². The molecule has 1 saturated carbocycles. The molecular formula is C14H16F3N3O. The van der Waals surface area contributed by atoms with Crippen LogP contribution in [0, 0.1) is 5.92 Å². The Balaban J connectivity index is 1.97. The summed E-state index contributed by atoms with van der Waals surface area (Å²) in [5.41, 5.74) is 1.04. The van der Waals surface area contributed by atoms with Crippen LogP contribution in [0.25, 0.3) is 11.2 Å². The molecule has 4 nitrogen and oxygen atoms in total. The number of nitrogens with one attached hydrogen (secondary N) is 1. The molecule has 1 aliphatic carbocycles. The molecule has 2 unspecified atom stereocenters. The van der Waals surface area contributed by atoms with Crippen LogP contribution in [-0.4, -0.2) is 28.2 Å². The van der Waals surface area contributed by atoms with Crippen LogP contribution in [0.2, 0.25) is 0 Å². The zero-order valence-electron chi connectivity index (χ0n) is 11.6. The van der Waals surface area contributed by atoms with Crippen molar-refractivity contribution in [2.24, 2.45) is 5.92 Å². The van der Waals surface area contributed by atoms with Crippen LogP contribution >= 0.6 is 0 Å². The first kappa shape index (κ1) is 14.2. The highest BCUT2D eigenvalue weighted by Gasteiger charge is 2.46. The van der Waals surface area contributed by atoms with E-state index in [0.717, 1.165) is 6.42 Å². The predicted octanol–water partition coefficient (Wildman–Crippen LogP) is 3.80. The minimum absolute atomic E-state index is 0.169. The fourth-order valence-electron chi connectivity index (χ4n) is 3.03. The molecule has 21 heavy (non-hydrogen) atoms. The van der Waals surface area contributed by atoms with Gasteiger partial charge in [-0.25, -0.2) is 4.98 Å². The average molecular weight is 299 g/mol. The molecule has 0 aliphatic heterocycles. The number of H-pyrrole nitrogens is 1. The van der Waals surface area contributed by atoms with E-state index in [9.17, 15) is 13.2 Å². The van der Waals surface area contributed by atoms with Gasteiger partial charge in [-0.2, -0.15) is 18.2 Å². The number of aromatic nitrogens is 3. The quantitative estimate of drug-likeness (QED) is 0.917. The Kier molecular flexibility index (Phi) is 3.51. The minimum Gasteiger partial charge on any atom is -0.481 e. The van der Waals surface area contributed by atoms with Crippen LogP contribution in [0.5, 0.6) is 5.88 Å². The van der Waals surface area contributed by atoms with E-state index in [4.69, 9.17) is 4.74 Å². The Morgan fingerprint density at radius 2 is 1.95 bits per heavy atom. The van der Waals surface area contributed by atoms with E-state index >= 15 is 0 Å². The first-order valence-electron chi connectivity index (χ1n) is 6.96. The van der Waals surface area contributed by atoms with Gasteiger partial charge in [0.05, 0.1) is 18.5 Å². The van der Waals surface area contributed by atoms with Crippen molar-refractivity contribution in [3.8, 4) is 5.88 Å². The van der Waals surface area contributed by atoms with Gasteiger partial charge >= 0.3 is 6.18 Å². The summed E-state index contributed by atoms with van der Waals surface area (Å²) in [5.74, 6) is -1.16. The lowest BCUT2D eigenvalue weighted by molar-refractivity contribution is -0.187. The van der Waals surface area contributed by atoms with Crippen molar-refractivity contribution in [2.45, 2.75) is 37.8 Å². The number of hydrogen-bond donors (Lipinski definition) is 1. The van der Waals surface area contributed by atoms with Crippen molar-refractivity contribution in [3.05, 3.63) is 18.0 Å². The standard InChI is InChI=1S/C14H16F3N3O/c1-21-11-7-6-10-13(19-11)20-12(18-10)8-4-2-3-5-9(8)14(15,16)17/h6-9H,2-5H2,1H3,(H,18,19,20). The topological polar surface area (TPSA) is 50.8 Å². The summed E-state index contributed by atoms with van der Waals surface area (Å²) in [6.07, 6.45) is -2.10. The molecule has 1 fully saturated rings. The first-order valence-corrected chi connectivity index (χ1v) is 6.96. The number of halogens is 3. The van der Waals surface area contributed by atoms with Crippen molar-refractivity contribution >= 4 is 11.2 Å². The number of aromatic amines is 1.